The second-order valence-electron chi connectivity index (χ2n) is 4.67. The zero-order valence-corrected chi connectivity index (χ0v) is 12.1. The van der Waals surface area contributed by atoms with E-state index in [0.29, 0.717) is 17.1 Å². The fourth-order valence-corrected chi connectivity index (χ4v) is 3.22. The highest BCUT2D eigenvalue weighted by Gasteiger charge is 2.22. The number of sulfonamides is 1. The van der Waals surface area contributed by atoms with Crippen molar-refractivity contribution in [1.29, 1.82) is 0 Å². The normalized spacial score (nSPS) is 12.1. The van der Waals surface area contributed by atoms with Gasteiger partial charge in [-0.15, -0.1) is 0 Å². The summed E-state index contributed by atoms with van der Waals surface area (Å²) < 4.78 is 28.7. The summed E-state index contributed by atoms with van der Waals surface area (Å²) in [6, 6.07) is 0.177. The number of aryl methyl sites for hydroxylation is 2. The van der Waals surface area contributed by atoms with Gasteiger partial charge in [0.05, 0.1) is 23.3 Å². The van der Waals surface area contributed by atoms with Crippen molar-refractivity contribution in [2.45, 2.75) is 38.6 Å². The fraction of sp³-hybridized carbons (Fsp3) is 0.455. The molecule has 0 aliphatic rings. The summed E-state index contributed by atoms with van der Waals surface area (Å²) in [5, 5.41) is 10.6. The highest BCUT2D eigenvalue weighted by molar-refractivity contribution is 7.92. The highest BCUT2D eigenvalue weighted by atomic mass is 32.2. The number of aromatic nitrogens is 4. The lowest BCUT2D eigenvalue weighted by atomic mass is 10.4. The van der Waals surface area contributed by atoms with Crippen LogP contribution in [0.1, 0.15) is 31.3 Å². The summed E-state index contributed by atoms with van der Waals surface area (Å²) in [7, 11) is -3.64. The Hall–Kier alpha value is -1.83. The number of nitrogens with one attached hydrogen (secondary N) is 2. The summed E-state index contributed by atoms with van der Waals surface area (Å²) in [5.41, 5.74) is 1.40. The van der Waals surface area contributed by atoms with Gasteiger partial charge in [0, 0.05) is 12.2 Å². The molecule has 2 N–H and O–H groups in total. The van der Waals surface area contributed by atoms with Gasteiger partial charge in [-0.25, -0.2) is 8.42 Å². The van der Waals surface area contributed by atoms with Crippen LogP contribution in [0.25, 0.3) is 0 Å². The van der Waals surface area contributed by atoms with Crippen molar-refractivity contribution in [3.05, 3.63) is 23.8 Å². The molecule has 0 spiro atoms. The highest BCUT2D eigenvalue weighted by Crippen LogP contribution is 2.20. The predicted molar refractivity (Wildman–Crippen MR) is 71.5 cm³/mol. The van der Waals surface area contributed by atoms with Crippen LogP contribution < -0.4 is 4.72 Å². The molecule has 0 unspecified atom stereocenters. The van der Waals surface area contributed by atoms with Crippen LogP contribution in [-0.4, -0.2) is 28.4 Å². The Kier molecular flexibility index (Phi) is 3.36. The zero-order valence-electron chi connectivity index (χ0n) is 11.3. The van der Waals surface area contributed by atoms with Crippen LogP contribution in [0.2, 0.25) is 0 Å². The average Bonchev–Trinajstić information content (AvgIpc) is 2.85. The third-order valence-electron chi connectivity index (χ3n) is 2.71. The molecule has 104 valence electrons. The first-order valence-electron chi connectivity index (χ1n) is 5.90. The predicted octanol–water partition coefficient (Wildman–Crippen LogP) is 1.60. The number of H-pyrrole nitrogens is 1. The summed E-state index contributed by atoms with van der Waals surface area (Å²) in [5.74, 6) is 0. The van der Waals surface area contributed by atoms with Gasteiger partial charge < -0.3 is 0 Å². The maximum atomic E-state index is 12.3. The third-order valence-corrected chi connectivity index (χ3v) is 4.36. The minimum atomic E-state index is -3.64. The maximum Gasteiger partial charge on any atom is 0.265 e. The van der Waals surface area contributed by atoms with Crippen molar-refractivity contribution >= 4 is 15.7 Å². The van der Waals surface area contributed by atoms with Crippen LogP contribution in [-0.2, 0) is 10.0 Å². The molecule has 0 atom stereocenters. The Balaban J connectivity index is 2.31. The van der Waals surface area contributed by atoms with Crippen molar-refractivity contribution in [2.24, 2.45) is 0 Å². The molecule has 2 aromatic rings. The molecule has 2 heterocycles. The first kappa shape index (κ1) is 13.6. The second kappa shape index (κ2) is 4.69. The van der Waals surface area contributed by atoms with Crippen LogP contribution in [0.3, 0.4) is 0 Å². The van der Waals surface area contributed by atoms with Crippen LogP contribution in [0.15, 0.2) is 17.3 Å². The zero-order chi connectivity index (χ0) is 14.2. The van der Waals surface area contributed by atoms with Gasteiger partial charge >= 0.3 is 0 Å². The lowest BCUT2D eigenvalue weighted by molar-refractivity contribution is 0.532. The van der Waals surface area contributed by atoms with Gasteiger partial charge in [0.1, 0.15) is 4.90 Å². The van der Waals surface area contributed by atoms with Crippen molar-refractivity contribution < 1.29 is 8.42 Å². The Morgan fingerprint density at radius 2 is 2.05 bits per heavy atom. The Labute approximate surface area is 112 Å². The van der Waals surface area contributed by atoms with Gasteiger partial charge in [0.2, 0.25) is 0 Å². The van der Waals surface area contributed by atoms with Crippen molar-refractivity contribution in [3.63, 3.8) is 0 Å². The van der Waals surface area contributed by atoms with Gasteiger partial charge in [-0.2, -0.15) is 10.2 Å². The Bertz CT molecular complexity index is 664. The van der Waals surface area contributed by atoms with Gasteiger partial charge in [-0.05, 0) is 27.7 Å². The molecule has 19 heavy (non-hydrogen) atoms. The SMILES string of the molecule is Cc1n[nH]c(C)c1S(=O)(=O)Nc1cnn(C(C)C)c1. The number of hydrogen-bond acceptors (Lipinski definition) is 4. The number of anilines is 1. The molecular weight excluding hydrogens is 266 g/mol. The van der Waals surface area contributed by atoms with E-state index in [1.54, 1.807) is 24.7 Å². The summed E-state index contributed by atoms with van der Waals surface area (Å²) in [6.07, 6.45) is 3.15. The molecule has 0 amide bonds. The first-order chi connectivity index (χ1) is 8.81. The molecule has 0 aromatic carbocycles. The molecule has 0 bridgehead atoms. The summed E-state index contributed by atoms with van der Waals surface area (Å²) in [6.45, 7) is 7.26. The minimum absolute atomic E-state index is 0.177. The lowest BCUT2D eigenvalue weighted by Gasteiger charge is -2.06. The van der Waals surface area contributed by atoms with E-state index in [9.17, 15) is 8.42 Å². The maximum absolute atomic E-state index is 12.3. The summed E-state index contributed by atoms with van der Waals surface area (Å²) in [4.78, 5) is 0.185. The third kappa shape index (κ3) is 2.62. The topological polar surface area (TPSA) is 92.7 Å². The van der Waals surface area contributed by atoms with Crippen LogP contribution in [0.5, 0.6) is 0 Å². The van der Waals surface area contributed by atoms with Gasteiger partial charge in [0.25, 0.3) is 10.0 Å². The fourth-order valence-electron chi connectivity index (χ4n) is 1.82. The smallest absolute Gasteiger partial charge is 0.265 e. The van der Waals surface area contributed by atoms with E-state index in [-0.39, 0.29) is 10.9 Å². The van der Waals surface area contributed by atoms with Crippen molar-refractivity contribution in [3.8, 4) is 0 Å². The first-order valence-corrected chi connectivity index (χ1v) is 7.38. The number of aromatic amines is 1. The standard InChI is InChI=1S/C11H17N5O2S/c1-7(2)16-6-10(5-12-16)15-19(17,18)11-8(3)13-14-9(11)4/h5-7,15H,1-4H3,(H,13,14). The molecule has 0 saturated heterocycles. The van der Waals surface area contributed by atoms with E-state index in [1.807, 2.05) is 13.8 Å². The monoisotopic (exact) mass is 283 g/mol. The van der Waals surface area contributed by atoms with Crippen molar-refractivity contribution in [2.75, 3.05) is 4.72 Å². The van der Waals surface area contributed by atoms with E-state index >= 15 is 0 Å². The molecule has 0 saturated carbocycles. The van der Waals surface area contributed by atoms with Crippen LogP contribution >= 0.6 is 0 Å². The molecule has 2 aromatic heterocycles. The number of hydrogen-bond donors (Lipinski definition) is 2. The summed E-state index contributed by atoms with van der Waals surface area (Å²) >= 11 is 0. The lowest BCUT2D eigenvalue weighted by Crippen LogP contribution is -2.14. The van der Waals surface area contributed by atoms with Crippen LogP contribution in [0, 0.1) is 13.8 Å². The minimum Gasteiger partial charge on any atom is -0.281 e. The van der Waals surface area contributed by atoms with E-state index in [1.165, 1.54) is 6.20 Å². The van der Waals surface area contributed by atoms with E-state index in [0.717, 1.165) is 0 Å². The van der Waals surface area contributed by atoms with E-state index in [4.69, 9.17) is 0 Å². The quantitative estimate of drug-likeness (QED) is 0.891. The van der Waals surface area contributed by atoms with E-state index < -0.39 is 10.0 Å². The van der Waals surface area contributed by atoms with E-state index in [2.05, 4.69) is 20.0 Å². The molecule has 0 radical (unpaired) electrons. The molecule has 0 aliphatic carbocycles. The van der Waals surface area contributed by atoms with Gasteiger partial charge in [0.15, 0.2) is 0 Å². The van der Waals surface area contributed by atoms with Gasteiger partial charge in [-0.3, -0.25) is 14.5 Å². The number of rotatable bonds is 4. The molecule has 7 nitrogen and oxygen atoms in total. The largest absolute Gasteiger partial charge is 0.281 e. The molecule has 0 aliphatic heterocycles. The van der Waals surface area contributed by atoms with Crippen molar-refractivity contribution in [1.82, 2.24) is 20.0 Å². The van der Waals surface area contributed by atoms with Crippen LogP contribution in [0.4, 0.5) is 5.69 Å². The second-order valence-corrected chi connectivity index (χ2v) is 6.29. The molecule has 8 heteroatoms. The Morgan fingerprint density at radius 3 is 2.53 bits per heavy atom. The molecule has 0 fully saturated rings. The van der Waals surface area contributed by atoms with Gasteiger partial charge in [-0.1, -0.05) is 0 Å². The number of nitrogens with zero attached hydrogens (tertiary/aromatic N) is 3. The molecule has 2 rings (SSSR count). The Morgan fingerprint density at radius 1 is 1.37 bits per heavy atom. The average molecular weight is 283 g/mol. The molecular formula is C11H17N5O2S.